The van der Waals surface area contributed by atoms with Crippen molar-refractivity contribution in [3.8, 4) is 0 Å². The zero-order valence-corrected chi connectivity index (χ0v) is 37.2. The Bertz CT molecular complexity index is 4580. The molecule has 0 aliphatic rings. The Morgan fingerprint density at radius 3 is 1.30 bits per heavy atom. The van der Waals surface area contributed by atoms with Gasteiger partial charge in [0.25, 0.3) is 0 Å². The molecule has 15 aromatic rings. The predicted octanol–water partition coefficient (Wildman–Crippen LogP) is 18.8. The molecule has 15 rings (SSSR count). The van der Waals surface area contributed by atoms with Crippen molar-refractivity contribution in [1.82, 2.24) is 0 Å². The van der Waals surface area contributed by atoms with Gasteiger partial charge in [0.15, 0.2) is 22.3 Å². The number of nitrogens with zero attached hydrogens (tertiary/aromatic N) is 2. The molecule has 0 radical (unpaired) electrons. The Hall–Kier alpha value is -9.26. The van der Waals surface area contributed by atoms with Crippen LogP contribution >= 0.6 is 0 Å². The van der Waals surface area contributed by atoms with Gasteiger partial charge in [-0.25, -0.2) is 0 Å². The maximum absolute atomic E-state index is 6.91. The molecule has 0 fully saturated rings. The van der Waals surface area contributed by atoms with E-state index in [1.165, 1.54) is 0 Å². The number of aryl methyl sites for hydroxylation is 1. The summed E-state index contributed by atoms with van der Waals surface area (Å²) in [5.41, 5.74) is 13.7. The number of anilines is 6. The highest BCUT2D eigenvalue weighted by molar-refractivity contribution is 6.23. The van der Waals surface area contributed by atoms with Gasteiger partial charge in [-0.2, -0.15) is 0 Å². The van der Waals surface area contributed by atoms with Gasteiger partial charge in [0.2, 0.25) is 0 Å². The fraction of sp³-hybridized carbons (Fsp3) is 0.0159. The topological polar surface area (TPSA) is 59.0 Å². The van der Waals surface area contributed by atoms with Crippen molar-refractivity contribution in [2.75, 3.05) is 9.80 Å². The summed E-state index contributed by atoms with van der Waals surface area (Å²) in [6, 6.07) is 74.6. The molecule has 6 nitrogen and oxygen atoms in total. The van der Waals surface area contributed by atoms with Crippen LogP contribution in [-0.2, 0) is 0 Å². The Kier molecular flexibility index (Phi) is 7.89. The average Bonchev–Trinajstić information content (AvgIpc) is 4.17. The fourth-order valence-electron chi connectivity index (χ4n) is 10.9. The van der Waals surface area contributed by atoms with E-state index < -0.39 is 0 Å². The van der Waals surface area contributed by atoms with E-state index in [1.54, 1.807) is 0 Å². The lowest BCUT2D eigenvalue weighted by Gasteiger charge is -2.25. The Balaban J connectivity index is 0.868. The summed E-state index contributed by atoms with van der Waals surface area (Å²) in [7, 11) is 0. The lowest BCUT2D eigenvalue weighted by molar-refractivity contribution is 0.633. The third kappa shape index (κ3) is 5.66. The first-order valence-electron chi connectivity index (χ1n) is 23.3. The molecular weight excluding hydrogens is 849 g/mol. The van der Waals surface area contributed by atoms with Crippen molar-refractivity contribution in [2.24, 2.45) is 0 Å². The summed E-state index contributed by atoms with van der Waals surface area (Å²) in [5, 5.41) is 13.0. The standard InChI is InChI=1S/C63H38N2O4/c1-37-30-51-50-33-38-26-28-44(64(42-14-4-2-5-15-42)53-22-12-20-48-46-18-8-10-24-55(46)66-60(48)53)31-40(38)35-57(50)68-62(51)63-59(37)52-34-39-27-29-45(32-41(39)36-58(52)69-63)65(43-16-6-3-7-17-43)54-23-13-21-49-47-19-9-11-25-56(47)67-61(49)54/h2-36H,1H3. The minimum atomic E-state index is 0.749. The molecule has 0 unspecified atom stereocenters. The summed E-state index contributed by atoms with van der Waals surface area (Å²) in [6.45, 7) is 2.17. The van der Waals surface area contributed by atoms with Crippen molar-refractivity contribution in [1.29, 1.82) is 0 Å². The van der Waals surface area contributed by atoms with E-state index in [1.807, 2.05) is 36.4 Å². The highest BCUT2D eigenvalue weighted by Crippen LogP contribution is 2.47. The van der Waals surface area contributed by atoms with Crippen molar-refractivity contribution in [2.45, 2.75) is 6.92 Å². The summed E-state index contributed by atoms with van der Waals surface area (Å²) in [4.78, 5) is 4.56. The minimum Gasteiger partial charge on any atom is -0.454 e. The van der Waals surface area contributed by atoms with Crippen molar-refractivity contribution < 1.29 is 17.7 Å². The molecule has 0 spiro atoms. The molecule has 4 aromatic heterocycles. The second kappa shape index (κ2) is 14.4. The summed E-state index contributed by atoms with van der Waals surface area (Å²) in [5.74, 6) is 0. The molecule has 69 heavy (non-hydrogen) atoms. The molecule has 6 heteroatoms. The van der Waals surface area contributed by atoms with Crippen LogP contribution in [0.1, 0.15) is 5.56 Å². The first kappa shape index (κ1) is 37.9. The van der Waals surface area contributed by atoms with Gasteiger partial charge in [-0.05, 0) is 137 Å². The van der Waals surface area contributed by atoms with Gasteiger partial charge in [0.1, 0.15) is 22.3 Å². The predicted molar refractivity (Wildman–Crippen MR) is 285 cm³/mol. The number of hydrogen-bond acceptors (Lipinski definition) is 6. The molecule has 0 N–H and O–H groups in total. The van der Waals surface area contributed by atoms with Crippen molar-refractivity contribution in [3.63, 3.8) is 0 Å². The highest BCUT2D eigenvalue weighted by Gasteiger charge is 2.24. The van der Waals surface area contributed by atoms with E-state index >= 15 is 0 Å². The fourth-order valence-corrected chi connectivity index (χ4v) is 10.9. The van der Waals surface area contributed by atoms with Crippen molar-refractivity contribution >= 4 is 143 Å². The quantitative estimate of drug-likeness (QED) is 0.166. The van der Waals surface area contributed by atoms with Crippen LogP contribution in [0, 0.1) is 6.92 Å². The molecular formula is C63H38N2O4. The van der Waals surface area contributed by atoms with Crippen LogP contribution < -0.4 is 9.80 Å². The number of para-hydroxylation sites is 6. The molecule has 0 atom stereocenters. The molecule has 0 aliphatic carbocycles. The first-order chi connectivity index (χ1) is 34.1. The number of rotatable bonds is 6. The second-order valence-corrected chi connectivity index (χ2v) is 18.1. The number of hydrogen-bond donors (Lipinski definition) is 0. The van der Waals surface area contributed by atoms with Crippen LogP contribution in [0.25, 0.3) is 109 Å². The number of benzene rings is 11. The Morgan fingerprint density at radius 1 is 0.275 bits per heavy atom. The molecule has 0 saturated heterocycles. The van der Waals surface area contributed by atoms with Gasteiger partial charge in [-0.15, -0.1) is 0 Å². The number of fused-ring (bicyclic) bond motifs is 15. The van der Waals surface area contributed by atoms with Crippen molar-refractivity contribution in [3.05, 3.63) is 218 Å². The smallest absolute Gasteiger partial charge is 0.178 e. The zero-order chi connectivity index (χ0) is 45.3. The largest absolute Gasteiger partial charge is 0.454 e. The molecule has 11 aromatic carbocycles. The second-order valence-electron chi connectivity index (χ2n) is 18.1. The van der Waals surface area contributed by atoms with Crippen LogP contribution in [0.3, 0.4) is 0 Å². The monoisotopic (exact) mass is 886 g/mol. The third-order valence-electron chi connectivity index (χ3n) is 14.1. The zero-order valence-electron chi connectivity index (χ0n) is 37.2. The van der Waals surface area contributed by atoms with E-state index in [0.717, 1.165) is 149 Å². The Morgan fingerprint density at radius 2 is 0.739 bits per heavy atom. The Labute approximate surface area is 394 Å². The van der Waals surface area contributed by atoms with Crippen LogP contribution in [0.2, 0.25) is 0 Å². The highest BCUT2D eigenvalue weighted by atomic mass is 16.4. The van der Waals surface area contributed by atoms with E-state index in [2.05, 4.69) is 193 Å². The average molecular weight is 887 g/mol. The number of furan rings is 4. The van der Waals surface area contributed by atoms with Crippen LogP contribution in [0.4, 0.5) is 34.1 Å². The molecule has 4 heterocycles. The summed E-state index contributed by atoms with van der Waals surface area (Å²) in [6.07, 6.45) is 0. The van der Waals surface area contributed by atoms with E-state index in [-0.39, 0.29) is 0 Å². The van der Waals surface area contributed by atoms with Gasteiger partial charge in [-0.3, -0.25) is 0 Å². The third-order valence-corrected chi connectivity index (χ3v) is 14.1. The summed E-state index contributed by atoms with van der Waals surface area (Å²) >= 11 is 0. The van der Waals surface area contributed by atoms with Gasteiger partial charge in [0.05, 0.1) is 11.4 Å². The molecule has 0 saturated carbocycles. The lowest BCUT2D eigenvalue weighted by Crippen LogP contribution is -2.10. The molecule has 324 valence electrons. The lowest BCUT2D eigenvalue weighted by atomic mass is 10.00. The first-order valence-corrected chi connectivity index (χ1v) is 23.3. The van der Waals surface area contributed by atoms with E-state index in [4.69, 9.17) is 17.7 Å². The van der Waals surface area contributed by atoms with Crippen LogP contribution in [-0.4, -0.2) is 0 Å². The van der Waals surface area contributed by atoms with Gasteiger partial charge in [-0.1, -0.05) is 109 Å². The van der Waals surface area contributed by atoms with E-state index in [0.29, 0.717) is 0 Å². The van der Waals surface area contributed by atoms with Crippen LogP contribution in [0.5, 0.6) is 0 Å². The maximum atomic E-state index is 6.91. The molecule has 0 amide bonds. The minimum absolute atomic E-state index is 0.749. The summed E-state index contributed by atoms with van der Waals surface area (Å²) < 4.78 is 26.9. The van der Waals surface area contributed by atoms with Gasteiger partial charge in [0, 0.05) is 65.8 Å². The SMILES string of the molecule is Cc1cc2c3cc4ccc(N(c5ccccc5)c5cccc6c5oc5ccccc56)cc4cc3oc2c2oc3cc4cc(N(c5ccccc5)c5cccc6c5oc5ccccc56)ccc4cc3c12. The normalized spacial score (nSPS) is 12.1. The van der Waals surface area contributed by atoms with Crippen LogP contribution in [0.15, 0.2) is 230 Å². The van der Waals surface area contributed by atoms with E-state index in [9.17, 15) is 0 Å². The maximum Gasteiger partial charge on any atom is 0.178 e. The molecule has 0 bridgehead atoms. The molecule has 0 aliphatic heterocycles. The van der Waals surface area contributed by atoms with Gasteiger partial charge >= 0.3 is 0 Å². The van der Waals surface area contributed by atoms with Gasteiger partial charge < -0.3 is 27.5 Å².